The molecule has 1 atom stereocenters. The van der Waals surface area contributed by atoms with Crippen LogP contribution in [0.3, 0.4) is 0 Å². The molecule has 8 nitrogen and oxygen atoms in total. The summed E-state index contributed by atoms with van der Waals surface area (Å²) in [6.07, 6.45) is 1.42. The van der Waals surface area contributed by atoms with Gasteiger partial charge in [0.1, 0.15) is 11.9 Å². The van der Waals surface area contributed by atoms with Crippen LogP contribution in [-0.2, 0) is 4.79 Å². The number of aromatic nitrogens is 3. The van der Waals surface area contributed by atoms with Crippen molar-refractivity contribution in [2.75, 3.05) is 5.32 Å². The number of pyridine rings is 1. The van der Waals surface area contributed by atoms with Crippen LogP contribution in [0.4, 0.5) is 5.82 Å². The van der Waals surface area contributed by atoms with Crippen molar-refractivity contribution >= 4 is 46.7 Å². The molecule has 32 heavy (non-hydrogen) atoms. The number of benzene rings is 1. The molecule has 3 heterocycles. The molecular formula is C22H19Cl2N5O3. The average molecular weight is 472 g/mol. The number of rotatable bonds is 5. The van der Waals surface area contributed by atoms with Gasteiger partial charge >= 0.3 is 0 Å². The molecule has 0 fully saturated rings. The Kier molecular flexibility index (Phi) is 5.75. The number of fused-ring (bicyclic) bond motifs is 1. The lowest BCUT2D eigenvalue weighted by atomic mass is 10.0. The Labute approximate surface area is 194 Å². The predicted molar refractivity (Wildman–Crippen MR) is 120 cm³/mol. The van der Waals surface area contributed by atoms with Gasteiger partial charge in [-0.15, -0.1) is 0 Å². The largest absolute Gasteiger partial charge is 0.309 e. The quantitative estimate of drug-likeness (QED) is 0.563. The highest BCUT2D eigenvalue weighted by Crippen LogP contribution is 2.29. The molecule has 1 aliphatic heterocycles. The molecule has 1 unspecified atom stereocenters. The molecular weight excluding hydrogens is 453 g/mol. The number of nitrogens with zero attached hydrogens (tertiary/aromatic N) is 4. The number of nitrogens with one attached hydrogen (secondary N) is 1. The van der Waals surface area contributed by atoms with E-state index in [1.54, 1.807) is 51.1 Å². The van der Waals surface area contributed by atoms with Crippen molar-refractivity contribution in [3.63, 3.8) is 0 Å². The molecule has 0 radical (unpaired) electrons. The number of hydrogen-bond acceptors (Lipinski definition) is 5. The first kappa shape index (κ1) is 22.0. The van der Waals surface area contributed by atoms with Crippen molar-refractivity contribution in [1.29, 1.82) is 0 Å². The van der Waals surface area contributed by atoms with Crippen LogP contribution in [-0.4, -0.2) is 43.4 Å². The zero-order valence-electron chi connectivity index (χ0n) is 17.5. The van der Waals surface area contributed by atoms with Crippen molar-refractivity contribution in [2.45, 2.75) is 26.8 Å². The fourth-order valence-electron chi connectivity index (χ4n) is 3.69. The molecule has 0 spiro atoms. The molecule has 0 bridgehead atoms. The second-order valence-electron chi connectivity index (χ2n) is 7.75. The topological polar surface area (TPSA) is 97.2 Å². The summed E-state index contributed by atoms with van der Waals surface area (Å²) in [5.74, 6) is -1.28. The number of halogens is 2. The van der Waals surface area contributed by atoms with Crippen molar-refractivity contribution in [3.05, 3.63) is 69.5 Å². The van der Waals surface area contributed by atoms with E-state index in [4.69, 9.17) is 23.2 Å². The number of carbonyl (C=O) groups excluding carboxylic acids is 3. The Morgan fingerprint density at radius 1 is 1.06 bits per heavy atom. The first-order valence-corrected chi connectivity index (χ1v) is 10.6. The van der Waals surface area contributed by atoms with Crippen molar-refractivity contribution in [2.24, 2.45) is 5.92 Å². The van der Waals surface area contributed by atoms with E-state index in [9.17, 15) is 14.4 Å². The van der Waals surface area contributed by atoms with Crippen LogP contribution >= 0.6 is 23.2 Å². The summed E-state index contributed by atoms with van der Waals surface area (Å²) in [4.78, 5) is 44.5. The molecule has 0 aliphatic carbocycles. The van der Waals surface area contributed by atoms with Crippen LogP contribution in [0.1, 0.15) is 40.3 Å². The minimum Gasteiger partial charge on any atom is -0.309 e. The van der Waals surface area contributed by atoms with Crippen molar-refractivity contribution < 1.29 is 14.4 Å². The third kappa shape index (κ3) is 3.76. The van der Waals surface area contributed by atoms with Crippen LogP contribution in [0.25, 0.3) is 5.82 Å². The number of carbonyl (C=O) groups is 3. The monoisotopic (exact) mass is 471 g/mol. The third-order valence-electron chi connectivity index (χ3n) is 5.08. The summed E-state index contributed by atoms with van der Waals surface area (Å²) in [7, 11) is 0. The highest BCUT2D eigenvalue weighted by atomic mass is 35.5. The van der Waals surface area contributed by atoms with E-state index in [0.29, 0.717) is 16.5 Å². The van der Waals surface area contributed by atoms with Gasteiger partial charge in [-0.2, -0.15) is 9.78 Å². The molecule has 4 rings (SSSR count). The lowest BCUT2D eigenvalue weighted by Crippen LogP contribution is -2.50. The predicted octanol–water partition coefficient (Wildman–Crippen LogP) is 4.14. The van der Waals surface area contributed by atoms with Gasteiger partial charge in [-0.1, -0.05) is 49.2 Å². The third-order valence-corrected chi connectivity index (χ3v) is 5.56. The zero-order valence-corrected chi connectivity index (χ0v) is 19.0. The zero-order chi connectivity index (χ0) is 23.2. The van der Waals surface area contributed by atoms with E-state index in [0.717, 1.165) is 4.90 Å². The first-order valence-electron chi connectivity index (χ1n) is 9.85. The fourth-order valence-corrected chi connectivity index (χ4v) is 4.15. The molecule has 0 saturated heterocycles. The standard InChI is InChI=1S/C22H19Cl2N5O3/c1-11(2)18(28-21(31)14-6-4-5-7-15(14)22(28)32)20(30)26-17-8-12(3)27-29(17)19-16(24)9-13(23)10-25-19/h4-11,18H,1-3H3,(H,26,30). The highest BCUT2D eigenvalue weighted by molar-refractivity contribution is 6.35. The first-order chi connectivity index (χ1) is 15.2. The molecule has 0 saturated carbocycles. The summed E-state index contributed by atoms with van der Waals surface area (Å²) >= 11 is 12.2. The Morgan fingerprint density at radius 2 is 1.69 bits per heavy atom. The maximum Gasteiger partial charge on any atom is 0.262 e. The Morgan fingerprint density at radius 3 is 2.25 bits per heavy atom. The Hall–Kier alpha value is -3.23. The summed E-state index contributed by atoms with van der Waals surface area (Å²) in [6.45, 7) is 5.29. The van der Waals surface area contributed by atoms with Crippen LogP contribution in [0.5, 0.6) is 0 Å². The van der Waals surface area contributed by atoms with E-state index in [1.165, 1.54) is 16.9 Å². The molecule has 1 aliphatic rings. The van der Waals surface area contributed by atoms with Crippen LogP contribution in [0, 0.1) is 12.8 Å². The minimum atomic E-state index is -1.03. The highest BCUT2D eigenvalue weighted by Gasteiger charge is 2.44. The number of aryl methyl sites for hydroxylation is 1. The van der Waals surface area contributed by atoms with Crippen molar-refractivity contribution in [3.8, 4) is 5.82 Å². The van der Waals surface area contributed by atoms with Gasteiger partial charge in [-0.3, -0.25) is 19.3 Å². The van der Waals surface area contributed by atoms with Gasteiger partial charge < -0.3 is 5.32 Å². The summed E-state index contributed by atoms with van der Waals surface area (Å²) in [5, 5.41) is 7.74. The second kappa shape index (κ2) is 8.37. The van der Waals surface area contributed by atoms with Crippen LogP contribution in [0.2, 0.25) is 10.0 Å². The minimum absolute atomic E-state index is 0.247. The molecule has 3 aromatic rings. The van der Waals surface area contributed by atoms with Gasteiger partial charge in [0.2, 0.25) is 5.91 Å². The number of amides is 3. The molecule has 1 N–H and O–H groups in total. The summed E-state index contributed by atoms with van der Waals surface area (Å²) in [6, 6.07) is 8.66. The van der Waals surface area contributed by atoms with Gasteiger partial charge in [-0.05, 0) is 31.0 Å². The molecule has 10 heteroatoms. The smallest absolute Gasteiger partial charge is 0.262 e. The van der Waals surface area contributed by atoms with Gasteiger partial charge in [0.25, 0.3) is 11.8 Å². The maximum atomic E-state index is 13.3. The van der Waals surface area contributed by atoms with Crippen molar-refractivity contribution in [1.82, 2.24) is 19.7 Å². The van der Waals surface area contributed by atoms with E-state index < -0.39 is 23.8 Å². The normalized spacial score (nSPS) is 14.1. The van der Waals surface area contributed by atoms with E-state index in [-0.39, 0.29) is 27.9 Å². The lowest BCUT2D eigenvalue weighted by Gasteiger charge is -2.28. The second-order valence-corrected chi connectivity index (χ2v) is 8.59. The van der Waals surface area contributed by atoms with E-state index in [2.05, 4.69) is 15.4 Å². The van der Waals surface area contributed by atoms with Gasteiger partial charge in [0, 0.05) is 12.3 Å². The molecule has 2 aromatic heterocycles. The molecule has 1 aromatic carbocycles. The number of imide groups is 1. The lowest BCUT2D eigenvalue weighted by molar-refractivity contribution is -0.121. The Balaban J connectivity index is 1.68. The van der Waals surface area contributed by atoms with Crippen LogP contribution in [0.15, 0.2) is 42.6 Å². The van der Waals surface area contributed by atoms with E-state index >= 15 is 0 Å². The molecule has 164 valence electrons. The average Bonchev–Trinajstić information content (AvgIpc) is 3.20. The SMILES string of the molecule is Cc1cc(NC(=O)C(C(C)C)N2C(=O)c3ccccc3C2=O)n(-c2ncc(Cl)cc2Cl)n1. The van der Waals surface area contributed by atoms with Gasteiger partial charge in [0.05, 0.1) is 26.9 Å². The van der Waals surface area contributed by atoms with Crippen LogP contribution < -0.4 is 5.32 Å². The number of hydrogen-bond donors (Lipinski definition) is 1. The summed E-state index contributed by atoms with van der Waals surface area (Å²) < 4.78 is 1.38. The van der Waals surface area contributed by atoms with Gasteiger partial charge in [0.15, 0.2) is 5.82 Å². The Bertz CT molecular complexity index is 1220. The van der Waals surface area contributed by atoms with E-state index in [1.807, 2.05) is 0 Å². The fraction of sp³-hybridized carbons (Fsp3) is 0.227. The molecule has 3 amide bonds. The maximum absolute atomic E-state index is 13.3. The number of anilines is 1. The van der Waals surface area contributed by atoms with Gasteiger partial charge in [-0.25, -0.2) is 4.98 Å². The summed E-state index contributed by atoms with van der Waals surface area (Å²) in [5.41, 5.74) is 1.18.